The molecule has 4 rings (SSSR count). The average molecular weight is 441 g/mol. The number of benzene rings is 2. The fourth-order valence-electron chi connectivity index (χ4n) is 2.66. The van der Waals surface area contributed by atoms with Crippen molar-refractivity contribution in [2.45, 2.75) is 0 Å². The summed E-state index contributed by atoms with van der Waals surface area (Å²) in [6.07, 6.45) is 1.43. The average Bonchev–Trinajstić information content (AvgIpc) is 3.32. The number of carbonyl (C=O) groups excluding carboxylic acids is 1. The topological polar surface area (TPSA) is 90.4 Å². The lowest BCUT2D eigenvalue weighted by Gasteiger charge is -2.04. The van der Waals surface area contributed by atoms with Crippen molar-refractivity contribution < 1.29 is 9.90 Å². The number of aromatic nitrogens is 2. The predicted octanol–water partition coefficient (Wildman–Crippen LogP) is 4.52. The predicted molar refractivity (Wildman–Crippen MR) is 110 cm³/mol. The van der Waals surface area contributed by atoms with Gasteiger partial charge >= 0.3 is 0 Å². The van der Waals surface area contributed by atoms with Crippen molar-refractivity contribution in [3.05, 3.63) is 69.6 Å². The number of hydrogen-bond donors (Lipinski definition) is 3. The van der Waals surface area contributed by atoms with Crippen LogP contribution in [0.15, 0.2) is 63.5 Å². The highest BCUT2D eigenvalue weighted by molar-refractivity contribution is 9.11. The first-order valence-corrected chi connectivity index (χ1v) is 9.58. The van der Waals surface area contributed by atoms with Crippen LogP contribution in [0.5, 0.6) is 5.75 Å². The molecule has 27 heavy (non-hydrogen) atoms. The first-order valence-electron chi connectivity index (χ1n) is 7.97. The molecular formula is C19H13BrN4O2S. The number of hydrogen-bond acceptors (Lipinski definition) is 5. The molecule has 8 heteroatoms. The molecule has 0 atom stereocenters. The van der Waals surface area contributed by atoms with Crippen LogP contribution in [0.3, 0.4) is 0 Å². The highest BCUT2D eigenvalue weighted by Crippen LogP contribution is 2.30. The summed E-state index contributed by atoms with van der Waals surface area (Å²) in [5, 5.41) is 22.8. The van der Waals surface area contributed by atoms with Crippen molar-refractivity contribution in [1.82, 2.24) is 15.6 Å². The molecule has 0 radical (unpaired) electrons. The lowest BCUT2D eigenvalue weighted by Crippen LogP contribution is -2.18. The Morgan fingerprint density at radius 3 is 2.89 bits per heavy atom. The van der Waals surface area contributed by atoms with Gasteiger partial charge in [-0.25, -0.2) is 5.43 Å². The molecule has 0 fully saturated rings. The summed E-state index contributed by atoms with van der Waals surface area (Å²) >= 11 is 4.95. The number of aromatic hydroxyl groups is 1. The second-order valence-electron chi connectivity index (χ2n) is 5.69. The van der Waals surface area contributed by atoms with Gasteiger partial charge in [0, 0.05) is 5.56 Å². The van der Waals surface area contributed by atoms with E-state index in [1.165, 1.54) is 6.21 Å². The Bertz CT molecular complexity index is 1170. The van der Waals surface area contributed by atoms with Crippen LogP contribution in [-0.2, 0) is 0 Å². The van der Waals surface area contributed by atoms with E-state index in [4.69, 9.17) is 0 Å². The Balaban J connectivity index is 1.52. The Kier molecular flexibility index (Phi) is 4.74. The number of fused-ring (bicyclic) bond motifs is 1. The molecule has 0 saturated heterocycles. The number of nitrogens with one attached hydrogen (secondary N) is 2. The molecule has 0 saturated carbocycles. The summed E-state index contributed by atoms with van der Waals surface area (Å²) in [6, 6.07) is 16.6. The van der Waals surface area contributed by atoms with Crippen LogP contribution in [0.4, 0.5) is 0 Å². The van der Waals surface area contributed by atoms with Crippen LogP contribution in [0.2, 0.25) is 0 Å². The molecule has 6 nitrogen and oxygen atoms in total. The molecule has 0 aliphatic carbocycles. The Morgan fingerprint density at radius 2 is 2.07 bits per heavy atom. The molecule has 3 N–H and O–H groups in total. The Morgan fingerprint density at radius 1 is 1.22 bits per heavy atom. The van der Waals surface area contributed by atoms with E-state index in [9.17, 15) is 9.90 Å². The lowest BCUT2D eigenvalue weighted by atomic mass is 10.0. The second kappa shape index (κ2) is 7.34. The number of nitrogens with zero attached hydrogens (tertiary/aromatic N) is 2. The van der Waals surface area contributed by atoms with Crippen molar-refractivity contribution in [1.29, 1.82) is 0 Å². The lowest BCUT2D eigenvalue weighted by molar-refractivity contribution is 0.0950. The third-order valence-electron chi connectivity index (χ3n) is 3.96. The standard InChI is InChI=1S/C19H13BrN4O2S/c20-18-8-7-17(27-18)14-9-15(23-22-14)19(26)24-21-10-13-12-4-2-1-3-11(12)5-6-16(13)25/h1-10,25H,(H,22,23)(H,24,26)/b21-10-. The van der Waals surface area contributed by atoms with E-state index in [1.807, 2.05) is 42.5 Å². The van der Waals surface area contributed by atoms with E-state index in [-0.39, 0.29) is 11.4 Å². The fraction of sp³-hybridized carbons (Fsp3) is 0. The van der Waals surface area contributed by atoms with Gasteiger partial charge in [0.2, 0.25) is 0 Å². The van der Waals surface area contributed by atoms with Crippen molar-refractivity contribution in [3.63, 3.8) is 0 Å². The Hall–Kier alpha value is -2.97. The maximum Gasteiger partial charge on any atom is 0.291 e. The van der Waals surface area contributed by atoms with Crippen molar-refractivity contribution in [3.8, 4) is 16.3 Å². The monoisotopic (exact) mass is 440 g/mol. The van der Waals surface area contributed by atoms with Crippen molar-refractivity contribution in [2.24, 2.45) is 5.10 Å². The van der Waals surface area contributed by atoms with E-state index in [0.29, 0.717) is 5.56 Å². The normalized spacial score (nSPS) is 11.3. The molecule has 0 aliphatic heterocycles. The summed E-state index contributed by atoms with van der Waals surface area (Å²) in [7, 11) is 0. The zero-order valence-electron chi connectivity index (χ0n) is 13.8. The molecule has 0 bridgehead atoms. The molecule has 134 valence electrons. The van der Waals surface area contributed by atoms with Gasteiger partial charge in [0.15, 0.2) is 5.69 Å². The number of rotatable bonds is 4. The second-order valence-corrected chi connectivity index (χ2v) is 8.15. The number of hydrazone groups is 1. The van der Waals surface area contributed by atoms with Gasteiger partial charge in [0.1, 0.15) is 5.75 Å². The SMILES string of the molecule is O=C(N/N=C\c1c(O)ccc2ccccc12)c1cc(-c2ccc(Br)s2)[nH]n1. The number of H-pyrrole nitrogens is 1. The number of phenols is 1. The van der Waals surface area contributed by atoms with Crippen molar-refractivity contribution in [2.75, 3.05) is 0 Å². The highest BCUT2D eigenvalue weighted by Gasteiger charge is 2.12. The zero-order valence-corrected chi connectivity index (χ0v) is 16.2. The molecule has 2 aromatic heterocycles. The highest BCUT2D eigenvalue weighted by atomic mass is 79.9. The summed E-state index contributed by atoms with van der Waals surface area (Å²) in [5.41, 5.74) is 3.97. The first kappa shape index (κ1) is 17.4. The van der Waals surface area contributed by atoms with E-state index in [0.717, 1.165) is 25.1 Å². The van der Waals surface area contributed by atoms with Crippen LogP contribution in [0.25, 0.3) is 21.3 Å². The number of carbonyl (C=O) groups is 1. The molecule has 2 aromatic carbocycles. The van der Waals surface area contributed by atoms with Crippen molar-refractivity contribution >= 4 is 50.2 Å². The van der Waals surface area contributed by atoms with Gasteiger partial charge in [0.05, 0.1) is 20.6 Å². The quantitative estimate of drug-likeness (QED) is 0.321. The number of phenolic OH excluding ortho intramolecular Hbond substituents is 1. The number of amides is 1. The van der Waals surface area contributed by atoms with Crippen LogP contribution in [-0.4, -0.2) is 27.4 Å². The zero-order chi connectivity index (χ0) is 18.8. The van der Waals surface area contributed by atoms with Gasteiger partial charge in [-0.15, -0.1) is 11.3 Å². The minimum absolute atomic E-state index is 0.0945. The van der Waals surface area contributed by atoms with Gasteiger partial charge in [-0.05, 0) is 51.0 Å². The third kappa shape index (κ3) is 3.62. The molecule has 2 heterocycles. The maximum atomic E-state index is 12.3. The molecule has 0 aliphatic rings. The molecular weight excluding hydrogens is 428 g/mol. The minimum Gasteiger partial charge on any atom is -0.507 e. The fourth-order valence-corrected chi connectivity index (χ4v) is 4.01. The van der Waals surface area contributed by atoms with Gasteiger partial charge in [0.25, 0.3) is 5.91 Å². The smallest absolute Gasteiger partial charge is 0.291 e. The summed E-state index contributed by atoms with van der Waals surface area (Å²) in [6.45, 7) is 0. The van der Waals surface area contributed by atoms with Crippen LogP contribution < -0.4 is 5.43 Å². The van der Waals surface area contributed by atoms with E-state index in [2.05, 4.69) is 36.7 Å². The first-order chi connectivity index (χ1) is 13.1. The molecule has 0 unspecified atom stereocenters. The molecule has 0 spiro atoms. The maximum absolute atomic E-state index is 12.3. The van der Waals surface area contributed by atoms with E-state index in [1.54, 1.807) is 23.5 Å². The minimum atomic E-state index is -0.441. The third-order valence-corrected chi connectivity index (χ3v) is 5.61. The largest absolute Gasteiger partial charge is 0.507 e. The van der Waals surface area contributed by atoms with E-state index >= 15 is 0 Å². The summed E-state index contributed by atoms with van der Waals surface area (Å²) in [5.74, 6) is -0.346. The molecule has 4 aromatic rings. The Labute approximate surface area is 166 Å². The molecule has 1 amide bonds. The van der Waals surface area contributed by atoms with Crippen LogP contribution in [0, 0.1) is 0 Å². The van der Waals surface area contributed by atoms with Gasteiger partial charge in [-0.3, -0.25) is 9.89 Å². The number of aromatic amines is 1. The summed E-state index contributed by atoms with van der Waals surface area (Å²) in [4.78, 5) is 13.2. The van der Waals surface area contributed by atoms with Crippen LogP contribution in [0.1, 0.15) is 16.1 Å². The number of thiophene rings is 1. The van der Waals surface area contributed by atoms with E-state index < -0.39 is 5.91 Å². The van der Waals surface area contributed by atoms with Crippen LogP contribution >= 0.6 is 27.3 Å². The van der Waals surface area contributed by atoms with Gasteiger partial charge < -0.3 is 5.11 Å². The summed E-state index contributed by atoms with van der Waals surface area (Å²) < 4.78 is 0.998. The van der Waals surface area contributed by atoms with Gasteiger partial charge in [-0.2, -0.15) is 10.2 Å². The van der Waals surface area contributed by atoms with Gasteiger partial charge in [-0.1, -0.05) is 30.3 Å². The number of halogens is 1.